The lowest BCUT2D eigenvalue weighted by Gasteiger charge is -2.27. The Morgan fingerprint density at radius 1 is 1.24 bits per heavy atom. The highest BCUT2D eigenvalue weighted by Gasteiger charge is 2.17. The molecule has 0 aromatic heterocycles. The van der Waals surface area contributed by atoms with E-state index >= 15 is 0 Å². The molecule has 0 atom stereocenters. The van der Waals surface area contributed by atoms with Crippen LogP contribution in [0.3, 0.4) is 0 Å². The van der Waals surface area contributed by atoms with Gasteiger partial charge in [0.15, 0.2) is 0 Å². The van der Waals surface area contributed by atoms with Crippen LogP contribution >= 0.6 is 0 Å². The monoisotopic (exact) mass is 309 g/mol. The van der Waals surface area contributed by atoms with E-state index in [-0.39, 0.29) is 12.5 Å². The molecule has 1 fully saturated rings. The van der Waals surface area contributed by atoms with E-state index in [1.807, 2.05) is 18.2 Å². The third-order valence-electron chi connectivity index (χ3n) is 3.13. The van der Waals surface area contributed by atoms with E-state index in [1.54, 1.807) is 17.0 Å². The van der Waals surface area contributed by atoms with Crippen molar-refractivity contribution < 1.29 is 13.2 Å². The van der Waals surface area contributed by atoms with Crippen molar-refractivity contribution in [2.75, 3.05) is 32.7 Å². The third-order valence-corrected chi connectivity index (χ3v) is 4.17. The number of amides is 1. The molecule has 1 aromatic rings. The predicted octanol–water partition coefficient (Wildman–Crippen LogP) is 0.00850. The van der Waals surface area contributed by atoms with Gasteiger partial charge in [0.1, 0.15) is 0 Å². The summed E-state index contributed by atoms with van der Waals surface area (Å²) in [5.74, 6) is -0.201. The van der Waals surface area contributed by atoms with E-state index in [4.69, 9.17) is 0 Å². The zero-order chi connectivity index (χ0) is 15.1. The van der Waals surface area contributed by atoms with Gasteiger partial charge >= 0.3 is 0 Å². The van der Waals surface area contributed by atoms with Crippen molar-refractivity contribution in [3.63, 3.8) is 0 Å². The van der Waals surface area contributed by atoms with Gasteiger partial charge in [-0.3, -0.25) is 4.79 Å². The van der Waals surface area contributed by atoms with Crippen molar-refractivity contribution >= 4 is 22.0 Å². The molecule has 0 radical (unpaired) electrons. The molecule has 21 heavy (non-hydrogen) atoms. The van der Waals surface area contributed by atoms with Crippen LogP contribution in [0, 0.1) is 0 Å². The van der Waals surface area contributed by atoms with Gasteiger partial charge in [-0.2, -0.15) is 0 Å². The summed E-state index contributed by atoms with van der Waals surface area (Å²) in [5.41, 5.74) is 0.788. The number of piperazine rings is 1. The number of nitrogens with one attached hydrogen (secondary N) is 2. The highest BCUT2D eigenvalue weighted by atomic mass is 32.2. The molecule has 1 aromatic carbocycles. The van der Waals surface area contributed by atoms with E-state index in [9.17, 15) is 13.2 Å². The van der Waals surface area contributed by atoms with Crippen LogP contribution in [-0.4, -0.2) is 51.9 Å². The fourth-order valence-electron chi connectivity index (χ4n) is 1.97. The Morgan fingerprint density at radius 2 is 1.90 bits per heavy atom. The molecule has 1 amide bonds. The summed E-state index contributed by atoms with van der Waals surface area (Å²) in [4.78, 5) is 13.5. The van der Waals surface area contributed by atoms with Crippen LogP contribution in [0.1, 0.15) is 5.56 Å². The van der Waals surface area contributed by atoms with E-state index in [0.717, 1.165) is 24.1 Å². The van der Waals surface area contributed by atoms with E-state index < -0.39 is 10.0 Å². The number of hydrogen-bond donors (Lipinski definition) is 2. The molecule has 2 N–H and O–H groups in total. The lowest BCUT2D eigenvalue weighted by Crippen LogP contribution is -2.49. The van der Waals surface area contributed by atoms with Gasteiger partial charge in [-0.25, -0.2) is 13.1 Å². The first-order valence-corrected chi connectivity index (χ1v) is 8.33. The lowest BCUT2D eigenvalue weighted by molar-refractivity contribution is -0.130. The summed E-state index contributed by atoms with van der Waals surface area (Å²) >= 11 is 0. The van der Waals surface area contributed by atoms with Gasteiger partial charge in [-0.15, -0.1) is 0 Å². The molecule has 7 heteroatoms. The molecule has 6 nitrogen and oxygen atoms in total. The summed E-state index contributed by atoms with van der Waals surface area (Å²) in [6.45, 7) is 2.50. The number of nitrogens with zero attached hydrogens (tertiary/aromatic N) is 1. The minimum Gasteiger partial charge on any atom is -0.339 e. The maximum atomic E-state index is 11.9. The van der Waals surface area contributed by atoms with Gasteiger partial charge in [0.05, 0.1) is 6.54 Å². The van der Waals surface area contributed by atoms with Gasteiger partial charge in [0, 0.05) is 31.6 Å². The molecule has 0 saturated carbocycles. The van der Waals surface area contributed by atoms with Crippen molar-refractivity contribution in [1.82, 2.24) is 14.9 Å². The summed E-state index contributed by atoms with van der Waals surface area (Å²) in [6, 6.07) is 9.12. The van der Waals surface area contributed by atoms with Crippen molar-refractivity contribution in [2.45, 2.75) is 0 Å². The smallest absolute Gasteiger partial charge is 0.237 e. The third kappa shape index (κ3) is 5.30. The molecule has 0 aliphatic carbocycles. The molecule has 1 heterocycles. The normalized spacial score (nSPS) is 16.3. The summed E-state index contributed by atoms with van der Waals surface area (Å²) in [5, 5.41) is 4.21. The van der Waals surface area contributed by atoms with Crippen molar-refractivity contribution in [2.24, 2.45) is 0 Å². The summed E-state index contributed by atoms with van der Waals surface area (Å²) < 4.78 is 25.9. The Labute approximate surface area is 124 Å². The molecule has 0 spiro atoms. The Morgan fingerprint density at radius 3 is 2.57 bits per heavy atom. The molecule has 0 unspecified atom stereocenters. The van der Waals surface area contributed by atoms with Gasteiger partial charge in [0.2, 0.25) is 15.9 Å². The number of hydrogen-bond acceptors (Lipinski definition) is 4. The summed E-state index contributed by atoms with van der Waals surface area (Å²) in [6.07, 6.45) is 1.50. The highest BCUT2D eigenvalue weighted by molar-refractivity contribution is 7.92. The first-order valence-electron chi connectivity index (χ1n) is 6.78. The van der Waals surface area contributed by atoms with Crippen LogP contribution < -0.4 is 10.0 Å². The number of benzene rings is 1. The topological polar surface area (TPSA) is 78.5 Å². The van der Waals surface area contributed by atoms with Crippen molar-refractivity contribution in [3.05, 3.63) is 41.3 Å². The zero-order valence-corrected chi connectivity index (χ0v) is 12.5. The molecular weight excluding hydrogens is 290 g/mol. The summed E-state index contributed by atoms with van der Waals surface area (Å²) in [7, 11) is -3.61. The maximum absolute atomic E-state index is 11.9. The van der Waals surface area contributed by atoms with E-state index in [0.29, 0.717) is 13.1 Å². The maximum Gasteiger partial charge on any atom is 0.237 e. The van der Waals surface area contributed by atoms with Gasteiger partial charge in [-0.1, -0.05) is 30.3 Å². The lowest BCUT2D eigenvalue weighted by atomic mass is 10.2. The second-order valence-electron chi connectivity index (χ2n) is 4.71. The molecule has 1 aliphatic heterocycles. The van der Waals surface area contributed by atoms with Crippen LogP contribution in [0.2, 0.25) is 0 Å². The number of rotatable bonds is 5. The van der Waals surface area contributed by atoms with E-state index in [2.05, 4.69) is 10.0 Å². The average Bonchev–Trinajstić information content (AvgIpc) is 2.53. The molecule has 0 bridgehead atoms. The minimum absolute atomic E-state index is 0.201. The first kappa shape index (κ1) is 15.7. The zero-order valence-electron chi connectivity index (χ0n) is 11.7. The van der Waals surface area contributed by atoms with Crippen LogP contribution in [0.4, 0.5) is 0 Å². The fraction of sp³-hybridized carbons (Fsp3) is 0.357. The average molecular weight is 309 g/mol. The standard InChI is InChI=1S/C14H19N3O3S/c18-14(17-9-7-15-8-10-17)12-16-21(19,20)11-6-13-4-2-1-3-5-13/h1-6,11,15-16H,7-10,12H2/b11-6+. The van der Waals surface area contributed by atoms with Crippen molar-refractivity contribution in [1.29, 1.82) is 0 Å². The van der Waals surface area contributed by atoms with E-state index in [1.165, 1.54) is 6.08 Å². The Kier molecular flexibility index (Phi) is 5.49. The largest absolute Gasteiger partial charge is 0.339 e. The molecule has 114 valence electrons. The Balaban J connectivity index is 1.86. The highest BCUT2D eigenvalue weighted by Crippen LogP contribution is 2.02. The van der Waals surface area contributed by atoms with Crippen LogP contribution in [0.15, 0.2) is 35.7 Å². The van der Waals surface area contributed by atoms with Gasteiger partial charge in [-0.05, 0) is 11.6 Å². The quantitative estimate of drug-likeness (QED) is 0.803. The van der Waals surface area contributed by atoms with Crippen LogP contribution in [-0.2, 0) is 14.8 Å². The van der Waals surface area contributed by atoms with Crippen LogP contribution in [0.25, 0.3) is 6.08 Å². The van der Waals surface area contributed by atoms with Crippen LogP contribution in [0.5, 0.6) is 0 Å². The Bertz CT molecular complexity index is 593. The SMILES string of the molecule is O=C(CNS(=O)(=O)/C=C/c1ccccc1)N1CCNCC1. The van der Waals surface area contributed by atoms with Crippen molar-refractivity contribution in [3.8, 4) is 0 Å². The number of carbonyl (C=O) groups excluding carboxylic acids is 1. The molecule has 1 aliphatic rings. The Hall–Kier alpha value is -1.70. The fourth-order valence-corrected chi connectivity index (χ4v) is 2.73. The number of sulfonamides is 1. The minimum atomic E-state index is -3.61. The second-order valence-corrected chi connectivity index (χ2v) is 6.36. The van der Waals surface area contributed by atoms with Gasteiger partial charge < -0.3 is 10.2 Å². The van der Waals surface area contributed by atoms with Gasteiger partial charge in [0.25, 0.3) is 0 Å². The molecule has 2 rings (SSSR count). The predicted molar refractivity (Wildman–Crippen MR) is 81.8 cm³/mol. The first-order chi connectivity index (χ1) is 10.1. The number of carbonyl (C=O) groups is 1. The molecule has 1 saturated heterocycles. The second kappa shape index (κ2) is 7.35. The molecular formula is C14H19N3O3S.